The predicted molar refractivity (Wildman–Crippen MR) is 71.2 cm³/mol. The Labute approximate surface area is 111 Å². The molecule has 0 aliphatic carbocycles. The van der Waals surface area contributed by atoms with Crippen molar-refractivity contribution in [1.29, 1.82) is 0 Å². The first-order valence-corrected chi connectivity index (χ1v) is 6.28. The van der Waals surface area contributed by atoms with E-state index in [1.165, 1.54) is 0 Å². The van der Waals surface area contributed by atoms with E-state index in [9.17, 15) is 4.79 Å². The molecule has 1 rings (SSSR count). The van der Waals surface area contributed by atoms with Crippen molar-refractivity contribution in [3.63, 3.8) is 0 Å². The van der Waals surface area contributed by atoms with E-state index in [0.717, 1.165) is 24.9 Å². The summed E-state index contributed by atoms with van der Waals surface area (Å²) in [6, 6.07) is 5.57. The van der Waals surface area contributed by atoms with Crippen LogP contribution in [-0.4, -0.2) is 12.5 Å². The number of hydrogen-bond donors (Lipinski definition) is 2. The van der Waals surface area contributed by atoms with Gasteiger partial charge in [0, 0.05) is 13.0 Å². The summed E-state index contributed by atoms with van der Waals surface area (Å²) in [4.78, 5) is 10.5. The molecule has 0 radical (unpaired) electrons. The van der Waals surface area contributed by atoms with Crippen LogP contribution in [0.1, 0.15) is 24.8 Å². The Morgan fingerprint density at radius 1 is 1.29 bits per heavy atom. The van der Waals surface area contributed by atoms with Crippen LogP contribution in [0.15, 0.2) is 18.2 Å². The number of carbonyl (C=O) groups excluding carboxylic acids is 1. The molecule has 0 aliphatic heterocycles. The van der Waals surface area contributed by atoms with Crippen LogP contribution in [0.5, 0.6) is 0 Å². The minimum absolute atomic E-state index is 0.247. The summed E-state index contributed by atoms with van der Waals surface area (Å²) in [5.41, 5.74) is 6.02. The van der Waals surface area contributed by atoms with Crippen LogP contribution in [0.25, 0.3) is 0 Å². The molecule has 0 aliphatic rings. The molecule has 0 unspecified atom stereocenters. The molecule has 3 nitrogen and oxygen atoms in total. The molecule has 1 aromatic rings. The number of unbranched alkanes of at least 4 members (excludes halogenated alkanes) is 1. The van der Waals surface area contributed by atoms with Crippen molar-refractivity contribution in [2.75, 3.05) is 6.54 Å². The molecule has 5 heteroatoms. The fourth-order valence-electron chi connectivity index (χ4n) is 1.46. The highest BCUT2D eigenvalue weighted by Gasteiger charge is 2.03. The first-order chi connectivity index (χ1) is 8.11. The molecule has 0 spiro atoms. The topological polar surface area (TPSA) is 55.1 Å². The monoisotopic (exact) mass is 274 g/mol. The van der Waals surface area contributed by atoms with Crippen LogP contribution in [0.2, 0.25) is 10.0 Å². The van der Waals surface area contributed by atoms with Crippen molar-refractivity contribution in [1.82, 2.24) is 5.32 Å². The number of nitrogens with one attached hydrogen (secondary N) is 1. The lowest BCUT2D eigenvalue weighted by atomic mass is 10.2. The standard InChI is InChI=1S/C12H16Cl2N2O/c13-10-5-3-4-9(12(10)14)8-16-7-2-1-6-11(15)17/h3-5,16H,1-2,6-8H2,(H2,15,17). The van der Waals surface area contributed by atoms with Crippen molar-refractivity contribution < 1.29 is 4.79 Å². The Bertz CT molecular complexity index is 383. The maximum absolute atomic E-state index is 10.5. The van der Waals surface area contributed by atoms with Gasteiger partial charge in [-0.2, -0.15) is 0 Å². The summed E-state index contributed by atoms with van der Waals surface area (Å²) in [6.07, 6.45) is 2.17. The molecule has 0 fully saturated rings. The zero-order valence-electron chi connectivity index (χ0n) is 9.51. The van der Waals surface area contributed by atoms with Gasteiger partial charge in [0.15, 0.2) is 0 Å². The quantitative estimate of drug-likeness (QED) is 0.752. The fourth-order valence-corrected chi connectivity index (χ4v) is 1.84. The number of primary amides is 1. The van der Waals surface area contributed by atoms with Crippen LogP contribution >= 0.6 is 23.2 Å². The fraction of sp³-hybridized carbons (Fsp3) is 0.417. The molecule has 94 valence electrons. The Hall–Kier alpha value is -0.770. The SMILES string of the molecule is NC(=O)CCCCNCc1cccc(Cl)c1Cl. The highest BCUT2D eigenvalue weighted by Crippen LogP contribution is 2.25. The van der Waals surface area contributed by atoms with Crippen LogP contribution in [0, 0.1) is 0 Å². The van der Waals surface area contributed by atoms with E-state index in [0.29, 0.717) is 23.0 Å². The number of hydrogen-bond acceptors (Lipinski definition) is 2. The molecule has 0 heterocycles. The van der Waals surface area contributed by atoms with Crippen molar-refractivity contribution >= 4 is 29.1 Å². The first kappa shape index (κ1) is 14.3. The number of halogens is 2. The Morgan fingerprint density at radius 3 is 2.76 bits per heavy atom. The van der Waals surface area contributed by atoms with E-state index in [-0.39, 0.29) is 5.91 Å². The summed E-state index contributed by atoms with van der Waals surface area (Å²) in [5, 5.41) is 4.41. The summed E-state index contributed by atoms with van der Waals surface area (Å²) in [6.45, 7) is 1.51. The van der Waals surface area contributed by atoms with Gasteiger partial charge in [-0.15, -0.1) is 0 Å². The third-order valence-corrected chi connectivity index (χ3v) is 3.23. The lowest BCUT2D eigenvalue weighted by Gasteiger charge is -2.07. The average molecular weight is 275 g/mol. The van der Waals surface area contributed by atoms with Crippen LogP contribution < -0.4 is 11.1 Å². The predicted octanol–water partition coefficient (Wildman–Crippen LogP) is 2.74. The highest BCUT2D eigenvalue weighted by molar-refractivity contribution is 6.42. The number of benzene rings is 1. The number of amides is 1. The Morgan fingerprint density at radius 2 is 2.06 bits per heavy atom. The van der Waals surface area contributed by atoms with Gasteiger partial charge >= 0.3 is 0 Å². The minimum Gasteiger partial charge on any atom is -0.370 e. The van der Waals surface area contributed by atoms with Gasteiger partial charge in [-0.3, -0.25) is 4.79 Å². The molecule has 0 saturated carbocycles. The highest BCUT2D eigenvalue weighted by atomic mass is 35.5. The molecule has 3 N–H and O–H groups in total. The van der Waals surface area contributed by atoms with E-state index in [4.69, 9.17) is 28.9 Å². The first-order valence-electron chi connectivity index (χ1n) is 5.53. The molecule has 17 heavy (non-hydrogen) atoms. The van der Waals surface area contributed by atoms with E-state index in [2.05, 4.69) is 5.32 Å². The van der Waals surface area contributed by atoms with Gasteiger partial charge in [0.25, 0.3) is 0 Å². The third-order valence-electron chi connectivity index (χ3n) is 2.37. The maximum Gasteiger partial charge on any atom is 0.217 e. The van der Waals surface area contributed by atoms with Crippen molar-refractivity contribution in [3.05, 3.63) is 33.8 Å². The minimum atomic E-state index is -0.247. The number of carbonyl (C=O) groups is 1. The summed E-state index contributed by atoms with van der Waals surface area (Å²) >= 11 is 11.9. The molecule has 0 bridgehead atoms. The molecule has 0 atom stereocenters. The molecular weight excluding hydrogens is 259 g/mol. The van der Waals surface area contributed by atoms with Crippen LogP contribution in [-0.2, 0) is 11.3 Å². The van der Waals surface area contributed by atoms with Crippen molar-refractivity contribution in [3.8, 4) is 0 Å². The molecule has 1 amide bonds. The second kappa shape index (κ2) is 7.54. The van der Waals surface area contributed by atoms with Gasteiger partial charge < -0.3 is 11.1 Å². The molecule has 0 saturated heterocycles. The van der Waals surface area contributed by atoms with Crippen LogP contribution in [0.4, 0.5) is 0 Å². The van der Waals surface area contributed by atoms with Crippen molar-refractivity contribution in [2.45, 2.75) is 25.8 Å². The van der Waals surface area contributed by atoms with Gasteiger partial charge in [0.05, 0.1) is 10.0 Å². The van der Waals surface area contributed by atoms with E-state index >= 15 is 0 Å². The summed E-state index contributed by atoms with van der Waals surface area (Å²) in [5.74, 6) is -0.247. The summed E-state index contributed by atoms with van der Waals surface area (Å²) in [7, 11) is 0. The summed E-state index contributed by atoms with van der Waals surface area (Å²) < 4.78 is 0. The van der Waals surface area contributed by atoms with Crippen molar-refractivity contribution in [2.24, 2.45) is 5.73 Å². The zero-order chi connectivity index (χ0) is 12.7. The normalized spacial score (nSPS) is 10.5. The smallest absolute Gasteiger partial charge is 0.217 e. The van der Waals surface area contributed by atoms with Gasteiger partial charge in [-0.25, -0.2) is 0 Å². The second-order valence-electron chi connectivity index (χ2n) is 3.81. The molecule has 1 aromatic carbocycles. The van der Waals surface area contributed by atoms with E-state index < -0.39 is 0 Å². The van der Waals surface area contributed by atoms with Gasteiger partial charge in [-0.1, -0.05) is 35.3 Å². The van der Waals surface area contributed by atoms with Gasteiger partial charge in [0.1, 0.15) is 0 Å². The van der Waals surface area contributed by atoms with Gasteiger partial charge in [0.2, 0.25) is 5.91 Å². The number of nitrogens with two attached hydrogens (primary N) is 1. The zero-order valence-corrected chi connectivity index (χ0v) is 11.0. The lowest BCUT2D eigenvalue weighted by molar-refractivity contribution is -0.118. The number of rotatable bonds is 7. The second-order valence-corrected chi connectivity index (χ2v) is 4.60. The van der Waals surface area contributed by atoms with E-state index in [1.54, 1.807) is 6.07 Å². The molecule has 0 aromatic heterocycles. The Balaban J connectivity index is 2.22. The lowest BCUT2D eigenvalue weighted by Crippen LogP contribution is -2.16. The molecular formula is C12H16Cl2N2O. The van der Waals surface area contributed by atoms with Crippen LogP contribution in [0.3, 0.4) is 0 Å². The Kier molecular flexibility index (Phi) is 6.34. The average Bonchev–Trinajstić information content (AvgIpc) is 2.28. The third kappa shape index (κ3) is 5.39. The van der Waals surface area contributed by atoms with Gasteiger partial charge in [-0.05, 0) is 31.0 Å². The van der Waals surface area contributed by atoms with E-state index in [1.807, 2.05) is 12.1 Å². The maximum atomic E-state index is 10.5. The largest absolute Gasteiger partial charge is 0.370 e.